The number of aliphatic hydroxyl groups excluding tert-OH is 1. The van der Waals surface area contributed by atoms with Crippen molar-refractivity contribution in [3.05, 3.63) is 35.5 Å². The van der Waals surface area contributed by atoms with Crippen LogP contribution in [-0.2, 0) is 4.79 Å². The van der Waals surface area contributed by atoms with Crippen LogP contribution in [0.1, 0.15) is 46.0 Å². The van der Waals surface area contributed by atoms with Crippen LogP contribution in [0, 0.1) is 35.0 Å². The van der Waals surface area contributed by atoms with Crippen LogP contribution in [0.3, 0.4) is 0 Å². The molecule has 4 aliphatic rings. The maximum atomic E-state index is 11.2. The van der Waals surface area contributed by atoms with Gasteiger partial charge >= 0.3 is 5.97 Å². The highest BCUT2D eigenvalue weighted by atomic mass is 16.4. The van der Waals surface area contributed by atoms with Crippen molar-refractivity contribution in [2.75, 3.05) is 0 Å². The Bertz CT molecular complexity index is 643. The molecular formula is C21H28O3. The van der Waals surface area contributed by atoms with Crippen LogP contribution in [0.2, 0.25) is 0 Å². The lowest BCUT2D eigenvalue weighted by atomic mass is 9.53. The summed E-state index contributed by atoms with van der Waals surface area (Å²) < 4.78 is 0. The van der Waals surface area contributed by atoms with Crippen molar-refractivity contribution < 1.29 is 15.0 Å². The molecule has 0 aromatic carbocycles. The third kappa shape index (κ3) is 2.24. The second-order valence-corrected chi connectivity index (χ2v) is 8.64. The lowest BCUT2D eigenvalue weighted by Gasteiger charge is -2.51. The van der Waals surface area contributed by atoms with E-state index in [1.54, 1.807) is 0 Å². The van der Waals surface area contributed by atoms with Crippen LogP contribution in [-0.4, -0.2) is 22.3 Å². The monoisotopic (exact) mass is 328 g/mol. The average Bonchev–Trinajstić information content (AvgIpc) is 2.85. The largest absolute Gasteiger partial charge is 0.481 e. The molecule has 130 valence electrons. The Balaban J connectivity index is 1.71. The maximum absolute atomic E-state index is 11.2. The second kappa shape index (κ2) is 5.59. The van der Waals surface area contributed by atoms with Crippen molar-refractivity contribution in [2.45, 2.75) is 52.1 Å². The van der Waals surface area contributed by atoms with Gasteiger partial charge in [0.2, 0.25) is 0 Å². The Kier molecular flexibility index (Phi) is 3.76. The summed E-state index contributed by atoms with van der Waals surface area (Å²) in [6, 6.07) is 0. The first-order valence-corrected chi connectivity index (χ1v) is 9.41. The molecule has 2 N–H and O–H groups in total. The second-order valence-electron chi connectivity index (χ2n) is 8.64. The number of carboxylic acid groups (broad SMARTS) is 1. The van der Waals surface area contributed by atoms with Crippen LogP contribution in [0.25, 0.3) is 0 Å². The summed E-state index contributed by atoms with van der Waals surface area (Å²) in [4.78, 5) is 11.2. The molecule has 0 saturated heterocycles. The molecular weight excluding hydrogens is 300 g/mol. The Labute approximate surface area is 144 Å². The smallest absolute Gasteiger partial charge is 0.307 e. The minimum Gasteiger partial charge on any atom is -0.481 e. The quantitative estimate of drug-likeness (QED) is 0.755. The summed E-state index contributed by atoms with van der Waals surface area (Å²) >= 11 is 0. The van der Waals surface area contributed by atoms with Crippen LogP contribution < -0.4 is 0 Å². The van der Waals surface area contributed by atoms with E-state index in [-0.39, 0.29) is 6.42 Å². The standard InChI is InChI=1S/C21H28O3/c1-12-3-7-18-16-5-4-14-13(15(16)9-10-21(12,18)2)6-8-19(22)17(14)11-20(23)24/h4-6,8,12-13,15-16,18-19,22H,3,7,9-11H2,1-2H3,(H,23,24)/t12-,13+,15-,16-,18+,19?,21-/m1/s1. The molecule has 0 heterocycles. The number of hydrogen-bond acceptors (Lipinski definition) is 2. The van der Waals surface area contributed by atoms with Gasteiger partial charge in [-0.2, -0.15) is 0 Å². The fourth-order valence-corrected chi connectivity index (χ4v) is 6.19. The van der Waals surface area contributed by atoms with Gasteiger partial charge in [0.15, 0.2) is 0 Å². The van der Waals surface area contributed by atoms with E-state index < -0.39 is 12.1 Å². The molecule has 7 atom stereocenters. The SMILES string of the molecule is C[C@@H]1CC[C@H]2[C@@H]3C=CC4=C(CC(=O)O)C(O)C=C[C@@H]4[C@H]3CC[C@]12C. The van der Waals surface area contributed by atoms with E-state index >= 15 is 0 Å². The van der Waals surface area contributed by atoms with Crippen LogP contribution in [0.4, 0.5) is 0 Å². The summed E-state index contributed by atoms with van der Waals surface area (Å²) in [5.41, 5.74) is 2.23. The van der Waals surface area contributed by atoms with Gasteiger partial charge in [0, 0.05) is 5.92 Å². The Hall–Kier alpha value is -1.35. The van der Waals surface area contributed by atoms with E-state index in [4.69, 9.17) is 0 Å². The Morgan fingerprint density at radius 2 is 2.04 bits per heavy atom. The van der Waals surface area contributed by atoms with Gasteiger partial charge in [0.25, 0.3) is 0 Å². The summed E-state index contributed by atoms with van der Waals surface area (Å²) in [7, 11) is 0. The molecule has 2 saturated carbocycles. The van der Waals surface area contributed by atoms with Crippen LogP contribution in [0.5, 0.6) is 0 Å². The number of carbonyl (C=O) groups is 1. The molecule has 0 bridgehead atoms. The van der Waals surface area contributed by atoms with Crippen molar-refractivity contribution >= 4 is 5.97 Å². The van der Waals surface area contributed by atoms with Gasteiger partial charge < -0.3 is 10.2 Å². The van der Waals surface area contributed by atoms with Gasteiger partial charge in [-0.25, -0.2) is 0 Å². The third-order valence-electron chi connectivity index (χ3n) is 7.75. The minimum atomic E-state index is -0.859. The number of aliphatic carboxylic acids is 1. The van der Waals surface area contributed by atoms with Crippen molar-refractivity contribution in [1.82, 2.24) is 0 Å². The van der Waals surface area contributed by atoms with E-state index in [9.17, 15) is 15.0 Å². The molecule has 0 amide bonds. The highest BCUT2D eigenvalue weighted by Gasteiger charge is 2.53. The molecule has 1 unspecified atom stereocenters. The zero-order valence-corrected chi connectivity index (χ0v) is 14.6. The first-order valence-electron chi connectivity index (χ1n) is 9.41. The third-order valence-corrected chi connectivity index (χ3v) is 7.75. The molecule has 0 aliphatic heterocycles. The highest BCUT2D eigenvalue weighted by molar-refractivity contribution is 5.71. The van der Waals surface area contributed by atoms with Gasteiger partial charge in [0.1, 0.15) is 0 Å². The van der Waals surface area contributed by atoms with E-state index in [1.165, 1.54) is 25.7 Å². The number of fused-ring (bicyclic) bond motifs is 5. The van der Waals surface area contributed by atoms with Crippen LogP contribution >= 0.6 is 0 Å². The number of hydrogen-bond donors (Lipinski definition) is 2. The molecule has 24 heavy (non-hydrogen) atoms. The van der Waals surface area contributed by atoms with E-state index in [2.05, 4.69) is 32.1 Å². The normalized spacial score (nSPS) is 46.5. The molecule has 4 rings (SSSR count). The number of aliphatic hydroxyl groups is 1. The zero-order chi connectivity index (χ0) is 17.1. The highest BCUT2D eigenvalue weighted by Crippen LogP contribution is 2.62. The predicted molar refractivity (Wildman–Crippen MR) is 93.3 cm³/mol. The minimum absolute atomic E-state index is 0.0583. The van der Waals surface area contributed by atoms with E-state index in [1.807, 2.05) is 6.08 Å². The molecule has 3 nitrogen and oxygen atoms in total. The van der Waals surface area contributed by atoms with Gasteiger partial charge in [-0.05, 0) is 65.9 Å². The lowest BCUT2D eigenvalue weighted by molar-refractivity contribution is -0.136. The molecule has 3 heteroatoms. The number of rotatable bonds is 2. The van der Waals surface area contributed by atoms with Gasteiger partial charge in [-0.15, -0.1) is 0 Å². The fourth-order valence-electron chi connectivity index (χ4n) is 6.19. The van der Waals surface area contributed by atoms with E-state index in [0.29, 0.717) is 28.7 Å². The Morgan fingerprint density at radius 3 is 2.79 bits per heavy atom. The Morgan fingerprint density at radius 1 is 1.25 bits per heavy atom. The topological polar surface area (TPSA) is 57.5 Å². The first kappa shape index (κ1) is 16.1. The maximum Gasteiger partial charge on any atom is 0.307 e. The summed E-state index contributed by atoms with van der Waals surface area (Å²) in [5.74, 6) is 2.17. The average molecular weight is 328 g/mol. The van der Waals surface area contributed by atoms with Crippen molar-refractivity contribution in [3.8, 4) is 0 Å². The summed E-state index contributed by atoms with van der Waals surface area (Å²) in [6.45, 7) is 4.90. The molecule has 0 spiro atoms. The van der Waals surface area contributed by atoms with Gasteiger partial charge in [0.05, 0.1) is 12.5 Å². The molecule has 0 aromatic rings. The predicted octanol–water partition coefficient (Wildman–Crippen LogP) is 3.95. The fraction of sp³-hybridized carbons (Fsp3) is 0.667. The zero-order valence-electron chi connectivity index (χ0n) is 14.6. The van der Waals surface area contributed by atoms with Crippen molar-refractivity contribution in [3.63, 3.8) is 0 Å². The van der Waals surface area contributed by atoms with Gasteiger partial charge in [-0.3, -0.25) is 4.79 Å². The molecule has 0 aromatic heterocycles. The van der Waals surface area contributed by atoms with Crippen molar-refractivity contribution in [1.29, 1.82) is 0 Å². The number of allylic oxidation sites excluding steroid dienone is 4. The van der Waals surface area contributed by atoms with Crippen molar-refractivity contribution in [2.24, 2.45) is 35.0 Å². The summed E-state index contributed by atoms with van der Waals surface area (Å²) in [5, 5.41) is 19.4. The first-order chi connectivity index (χ1) is 11.4. The van der Waals surface area contributed by atoms with Gasteiger partial charge in [-0.1, -0.05) is 38.2 Å². The molecule has 0 radical (unpaired) electrons. The molecule has 4 aliphatic carbocycles. The molecule has 2 fully saturated rings. The summed E-state index contributed by atoms with van der Waals surface area (Å²) in [6.07, 6.45) is 12.8. The lowest BCUT2D eigenvalue weighted by Crippen LogP contribution is -2.44. The van der Waals surface area contributed by atoms with E-state index in [0.717, 1.165) is 17.4 Å². The number of carboxylic acids is 1. The van der Waals surface area contributed by atoms with Crippen LogP contribution in [0.15, 0.2) is 35.5 Å².